The van der Waals surface area contributed by atoms with E-state index in [0.29, 0.717) is 16.3 Å². The van der Waals surface area contributed by atoms with Crippen LogP contribution in [0.4, 0.5) is 5.69 Å². The number of nitrogens with two attached hydrogens (primary N) is 1. The molecule has 98 valence electrons. The van der Waals surface area contributed by atoms with Crippen LogP contribution in [0.5, 0.6) is 0 Å². The van der Waals surface area contributed by atoms with E-state index in [1.807, 2.05) is 0 Å². The van der Waals surface area contributed by atoms with Crippen molar-refractivity contribution < 1.29 is 4.79 Å². The van der Waals surface area contributed by atoms with E-state index in [9.17, 15) is 4.79 Å². The molecule has 0 heterocycles. The first-order valence-corrected chi connectivity index (χ1v) is 6.88. The molecule has 0 radical (unpaired) electrons. The Morgan fingerprint density at radius 2 is 2.11 bits per heavy atom. The van der Waals surface area contributed by atoms with Gasteiger partial charge in [0.1, 0.15) is 0 Å². The Balaban J connectivity index is 1.83. The van der Waals surface area contributed by atoms with Gasteiger partial charge in [-0.3, -0.25) is 4.79 Å². The largest absolute Gasteiger partial charge is 0.398 e. The molecule has 0 aromatic heterocycles. The van der Waals surface area contributed by atoms with Crippen molar-refractivity contribution >= 4 is 23.2 Å². The number of benzene rings is 1. The number of hydrogen-bond acceptors (Lipinski definition) is 2. The third kappa shape index (κ3) is 3.39. The van der Waals surface area contributed by atoms with Crippen LogP contribution < -0.4 is 11.1 Å². The highest BCUT2D eigenvalue weighted by Crippen LogP contribution is 2.27. The molecule has 3 nitrogen and oxygen atoms in total. The highest BCUT2D eigenvalue weighted by atomic mass is 35.5. The maximum absolute atomic E-state index is 11.9. The molecule has 0 unspecified atom stereocenters. The van der Waals surface area contributed by atoms with Crippen molar-refractivity contribution in [1.82, 2.24) is 5.32 Å². The summed E-state index contributed by atoms with van der Waals surface area (Å²) in [5.74, 6) is 0.676. The monoisotopic (exact) mass is 266 g/mol. The fourth-order valence-corrected chi connectivity index (χ4v) is 2.70. The predicted octanol–water partition coefficient (Wildman–Crippen LogP) is 3.23. The molecule has 0 bridgehead atoms. The fourth-order valence-electron chi connectivity index (χ4n) is 2.52. The molecular formula is C14H19ClN2O. The number of nitrogen functional groups attached to an aromatic ring is 1. The Morgan fingerprint density at radius 1 is 1.39 bits per heavy atom. The molecule has 1 aliphatic carbocycles. The molecule has 2 rings (SSSR count). The van der Waals surface area contributed by atoms with Crippen LogP contribution in [0.3, 0.4) is 0 Å². The van der Waals surface area contributed by atoms with Crippen LogP contribution in [0, 0.1) is 5.92 Å². The zero-order valence-corrected chi connectivity index (χ0v) is 11.2. The molecule has 4 heteroatoms. The smallest absolute Gasteiger partial charge is 0.253 e. The lowest BCUT2D eigenvalue weighted by Gasteiger charge is -2.11. The second-order valence-electron chi connectivity index (χ2n) is 4.93. The number of anilines is 1. The zero-order chi connectivity index (χ0) is 13.0. The zero-order valence-electron chi connectivity index (χ0n) is 10.4. The highest BCUT2D eigenvalue weighted by Gasteiger charge is 2.15. The number of nitrogens with one attached hydrogen (secondary N) is 1. The molecule has 0 aliphatic heterocycles. The standard InChI is InChI=1S/C14H19ClN2O/c15-11-5-6-12(13(16)9-11)14(18)17-8-7-10-3-1-2-4-10/h5-6,9-10H,1-4,7-8,16H2,(H,17,18). The van der Waals surface area contributed by atoms with Crippen molar-refractivity contribution in [2.75, 3.05) is 12.3 Å². The quantitative estimate of drug-likeness (QED) is 0.822. The van der Waals surface area contributed by atoms with Crippen LogP contribution in [0.1, 0.15) is 42.5 Å². The van der Waals surface area contributed by atoms with Crippen molar-refractivity contribution in [1.29, 1.82) is 0 Å². The average molecular weight is 267 g/mol. The van der Waals surface area contributed by atoms with Crippen LogP contribution in [0.15, 0.2) is 18.2 Å². The van der Waals surface area contributed by atoms with Crippen molar-refractivity contribution in [3.8, 4) is 0 Å². The summed E-state index contributed by atoms with van der Waals surface area (Å²) >= 11 is 5.80. The number of carbonyl (C=O) groups excluding carboxylic acids is 1. The number of rotatable bonds is 4. The molecule has 1 aromatic rings. The molecule has 0 spiro atoms. The maximum atomic E-state index is 11.9. The molecule has 3 N–H and O–H groups in total. The first-order chi connectivity index (χ1) is 8.66. The summed E-state index contributed by atoms with van der Waals surface area (Å²) in [5, 5.41) is 3.48. The minimum atomic E-state index is -0.109. The Morgan fingerprint density at radius 3 is 2.78 bits per heavy atom. The molecule has 1 amide bonds. The van der Waals surface area contributed by atoms with Crippen molar-refractivity contribution in [3.63, 3.8) is 0 Å². The molecule has 0 saturated heterocycles. The summed E-state index contributed by atoms with van der Waals surface area (Å²) in [4.78, 5) is 11.9. The van der Waals surface area contributed by atoms with Gasteiger partial charge in [0.25, 0.3) is 5.91 Å². The van der Waals surface area contributed by atoms with E-state index in [0.717, 1.165) is 18.9 Å². The van der Waals surface area contributed by atoms with E-state index in [1.54, 1.807) is 18.2 Å². The molecule has 0 atom stereocenters. The van der Waals surface area contributed by atoms with Gasteiger partial charge < -0.3 is 11.1 Å². The van der Waals surface area contributed by atoms with Crippen LogP contribution in [-0.4, -0.2) is 12.5 Å². The summed E-state index contributed by atoms with van der Waals surface area (Å²) < 4.78 is 0. The van der Waals surface area contributed by atoms with Gasteiger partial charge in [0.15, 0.2) is 0 Å². The van der Waals surface area contributed by atoms with E-state index >= 15 is 0 Å². The van der Waals surface area contributed by atoms with Crippen molar-refractivity contribution in [3.05, 3.63) is 28.8 Å². The summed E-state index contributed by atoms with van der Waals surface area (Å²) in [6, 6.07) is 4.96. The maximum Gasteiger partial charge on any atom is 0.253 e. The van der Waals surface area contributed by atoms with Gasteiger partial charge in [-0.1, -0.05) is 37.3 Å². The number of hydrogen-bond donors (Lipinski definition) is 2. The van der Waals surface area contributed by atoms with E-state index in [4.69, 9.17) is 17.3 Å². The van der Waals surface area contributed by atoms with Gasteiger partial charge in [0, 0.05) is 17.3 Å². The molecular weight excluding hydrogens is 248 g/mol. The molecule has 1 aliphatic rings. The van der Waals surface area contributed by atoms with Gasteiger partial charge >= 0.3 is 0 Å². The number of halogens is 1. The first-order valence-electron chi connectivity index (χ1n) is 6.50. The van der Waals surface area contributed by atoms with Gasteiger partial charge in [-0.2, -0.15) is 0 Å². The first kappa shape index (κ1) is 13.2. The van der Waals surface area contributed by atoms with Crippen LogP contribution in [0.25, 0.3) is 0 Å². The van der Waals surface area contributed by atoms with Crippen LogP contribution in [-0.2, 0) is 0 Å². The summed E-state index contributed by atoms with van der Waals surface area (Å²) in [7, 11) is 0. The van der Waals surface area contributed by atoms with Crippen LogP contribution in [0.2, 0.25) is 5.02 Å². The lowest BCUT2D eigenvalue weighted by molar-refractivity contribution is 0.0952. The fraction of sp³-hybridized carbons (Fsp3) is 0.500. The summed E-state index contributed by atoms with van der Waals surface area (Å²) in [6.07, 6.45) is 6.35. The molecule has 1 saturated carbocycles. The second kappa shape index (κ2) is 6.10. The lowest BCUT2D eigenvalue weighted by Crippen LogP contribution is -2.26. The van der Waals surface area contributed by atoms with Crippen molar-refractivity contribution in [2.45, 2.75) is 32.1 Å². The van der Waals surface area contributed by atoms with E-state index in [-0.39, 0.29) is 5.91 Å². The lowest BCUT2D eigenvalue weighted by atomic mass is 10.0. The third-order valence-electron chi connectivity index (χ3n) is 3.57. The Kier molecular flexibility index (Phi) is 4.48. The Bertz CT molecular complexity index is 428. The van der Waals surface area contributed by atoms with E-state index in [2.05, 4.69) is 5.32 Å². The number of amides is 1. The van der Waals surface area contributed by atoms with E-state index < -0.39 is 0 Å². The summed E-state index contributed by atoms with van der Waals surface area (Å²) in [5.41, 5.74) is 6.71. The average Bonchev–Trinajstić information content (AvgIpc) is 2.81. The molecule has 1 aromatic carbocycles. The van der Waals surface area contributed by atoms with Gasteiger partial charge in [-0.05, 0) is 30.5 Å². The van der Waals surface area contributed by atoms with Crippen LogP contribution >= 0.6 is 11.6 Å². The minimum absolute atomic E-state index is 0.109. The second-order valence-corrected chi connectivity index (χ2v) is 5.36. The van der Waals surface area contributed by atoms with Gasteiger partial charge in [0.2, 0.25) is 0 Å². The Hall–Kier alpha value is -1.22. The molecule has 1 fully saturated rings. The van der Waals surface area contributed by atoms with E-state index in [1.165, 1.54) is 25.7 Å². The van der Waals surface area contributed by atoms with Gasteiger partial charge in [-0.25, -0.2) is 0 Å². The predicted molar refractivity (Wildman–Crippen MR) is 74.8 cm³/mol. The highest BCUT2D eigenvalue weighted by molar-refractivity contribution is 6.31. The normalized spacial score (nSPS) is 15.8. The van der Waals surface area contributed by atoms with Gasteiger partial charge in [0.05, 0.1) is 5.56 Å². The van der Waals surface area contributed by atoms with Gasteiger partial charge in [-0.15, -0.1) is 0 Å². The molecule has 18 heavy (non-hydrogen) atoms. The third-order valence-corrected chi connectivity index (χ3v) is 3.81. The van der Waals surface area contributed by atoms with Crippen molar-refractivity contribution in [2.24, 2.45) is 5.92 Å². The summed E-state index contributed by atoms with van der Waals surface area (Å²) in [6.45, 7) is 0.728. The Labute approximate surface area is 113 Å². The number of carbonyl (C=O) groups is 1. The minimum Gasteiger partial charge on any atom is -0.398 e. The SMILES string of the molecule is Nc1cc(Cl)ccc1C(=O)NCCC1CCCC1. The topological polar surface area (TPSA) is 55.1 Å².